The van der Waals surface area contributed by atoms with Crippen molar-refractivity contribution in [2.24, 2.45) is 5.92 Å². The first-order valence-electron chi connectivity index (χ1n) is 10.5. The maximum Gasteiger partial charge on any atom is 0.251 e. The van der Waals surface area contributed by atoms with Crippen LogP contribution in [0.1, 0.15) is 35.3 Å². The van der Waals surface area contributed by atoms with Gasteiger partial charge in [0.05, 0.1) is 0 Å². The average Bonchev–Trinajstić information content (AvgIpc) is 2.75. The van der Waals surface area contributed by atoms with E-state index in [1.54, 1.807) is 12.1 Å². The lowest BCUT2D eigenvalue weighted by molar-refractivity contribution is -0.118. The quantitative estimate of drug-likeness (QED) is 0.705. The van der Waals surface area contributed by atoms with Gasteiger partial charge < -0.3 is 10.6 Å². The van der Waals surface area contributed by atoms with Crippen molar-refractivity contribution in [3.05, 3.63) is 65.2 Å². The normalized spacial score (nSPS) is 15.6. The summed E-state index contributed by atoms with van der Waals surface area (Å²) in [6.45, 7) is 8.95. The Hall–Kier alpha value is -2.31. The second kappa shape index (κ2) is 10.6. The molecule has 0 spiro atoms. The summed E-state index contributed by atoms with van der Waals surface area (Å²) in [4.78, 5) is 28.0. The van der Waals surface area contributed by atoms with Crippen molar-refractivity contribution in [3.8, 4) is 0 Å². The molecule has 2 aromatic carbocycles. The number of nitrogens with zero attached hydrogens (tertiary/aromatic N) is 1. The van der Waals surface area contributed by atoms with Crippen LogP contribution < -0.4 is 10.6 Å². The molecule has 6 heteroatoms. The summed E-state index contributed by atoms with van der Waals surface area (Å²) in [5, 5.41) is 5.94. The van der Waals surface area contributed by atoms with Crippen molar-refractivity contribution < 1.29 is 9.59 Å². The maximum absolute atomic E-state index is 13.0. The van der Waals surface area contributed by atoms with E-state index in [4.69, 9.17) is 0 Å². The van der Waals surface area contributed by atoms with E-state index in [1.165, 1.54) is 17.1 Å². The van der Waals surface area contributed by atoms with Crippen molar-refractivity contribution in [3.63, 3.8) is 0 Å². The number of rotatable bonds is 7. The molecule has 160 valence electrons. The molecule has 1 fully saturated rings. The van der Waals surface area contributed by atoms with Crippen molar-refractivity contribution in [1.82, 2.24) is 10.2 Å². The average molecular weight is 426 g/mol. The van der Waals surface area contributed by atoms with Gasteiger partial charge in [-0.05, 0) is 42.2 Å². The summed E-state index contributed by atoms with van der Waals surface area (Å²) in [6.07, 6.45) is 0. The third-order valence-electron chi connectivity index (χ3n) is 5.34. The fourth-order valence-corrected chi connectivity index (χ4v) is 4.46. The Kier molecular flexibility index (Phi) is 7.94. The number of thioether (sulfide) groups is 1. The topological polar surface area (TPSA) is 61.4 Å². The zero-order valence-electron chi connectivity index (χ0n) is 18.0. The summed E-state index contributed by atoms with van der Waals surface area (Å²) in [7, 11) is 0. The Labute approximate surface area is 183 Å². The van der Waals surface area contributed by atoms with Gasteiger partial charge in [-0.2, -0.15) is 11.8 Å². The van der Waals surface area contributed by atoms with E-state index >= 15 is 0 Å². The van der Waals surface area contributed by atoms with E-state index in [2.05, 4.69) is 33.7 Å². The van der Waals surface area contributed by atoms with Gasteiger partial charge in [0.25, 0.3) is 5.91 Å². The molecule has 5 nitrogen and oxygen atoms in total. The number of benzene rings is 2. The first kappa shape index (κ1) is 22.4. The second-order valence-corrected chi connectivity index (χ2v) is 9.31. The van der Waals surface area contributed by atoms with E-state index in [0.29, 0.717) is 5.56 Å². The molecule has 0 aliphatic carbocycles. The van der Waals surface area contributed by atoms with Gasteiger partial charge in [-0.25, -0.2) is 0 Å². The van der Waals surface area contributed by atoms with Gasteiger partial charge in [0, 0.05) is 42.4 Å². The minimum Gasteiger partial charge on any atom is -0.340 e. The van der Waals surface area contributed by atoms with Crippen LogP contribution in [0.2, 0.25) is 0 Å². The van der Waals surface area contributed by atoms with Crippen LogP contribution in [-0.4, -0.2) is 47.4 Å². The monoisotopic (exact) mass is 425 g/mol. The first-order chi connectivity index (χ1) is 14.4. The van der Waals surface area contributed by atoms with Crippen molar-refractivity contribution in [1.29, 1.82) is 0 Å². The van der Waals surface area contributed by atoms with Gasteiger partial charge in [0.1, 0.15) is 6.04 Å². The fourth-order valence-electron chi connectivity index (χ4n) is 3.48. The van der Waals surface area contributed by atoms with Gasteiger partial charge in [-0.3, -0.25) is 14.5 Å². The summed E-state index contributed by atoms with van der Waals surface area (Å²) < 4.78 is 0. The van der Waals surface area contributed by atoms with Gasteiger partial charge in [0.2, 0.25) is 5.91 Å². The minimum atomic E-state index is -0.611. The second-order valence-electron chi connectivity index (χ2n) is 8.09. The van der Waals surface area contributed by atoms with Crippen LogP contribution in [0.15, 0.2) is 48.5 Å². The molecule has 0 radical (unpaired) electrons. The molecule has 1 saturated heterocycles. The lowest BCUT2D eigenvalue weighted by Gasteiger charge is -2.26. The van der Waals surface area contributed by atoms with Crippen molar-refractivity contribution in [2.75, 3.05) is 29.9 Å². The lowest BCUT2D eigenvalue weighted by atomic mass is 10.0. The lowest BCUT2D eigenvalue weighted by Crippen LogP contribution is -2.47. The van der Waals surface area contributed by atoms with Gasteiger partial charge in [0.15, 0.2) is 0 Å². The molecule has 0 saturated carbocycles. The third kappa shape index (κ3) is 6.09. The maximum atomic E-state index is 13.0. The third-order valence-corrected chi connectivity index (χ3v) is 6.28. The number of hydrogen-bond acceptors (Lipinski definition) is 4. The van der Waals surface area contributed by atoms with E-state index in [0.717, 1.165) is 30.9 Å². The smallest absolute Gasteiger partial charge is 0.251 e. The highest BCUT2D eigenvalue weighted by Gasteiger charge is 2.25. The molecule has 1 aliphatic heterocycles. The Morgan fingerprint density at radius 2 is 1.77 bits per heavy atom. The molecule has 1 aliphatic rings. The van der Waals surface area contributed by atoms with Crippen LogP contribution in [0.3, 0.4) is 0 Å². The van der Waals surface area contributed by atoms with E-state index in [9.17, 15) is 9.59 Å². The molecule has 1 unspecified atom stereocenters. The molecule has 2 amide bonds. The van der Waals surface area contributed by atoms with Crippen molar-refractivity contribution >= 4 is 29.3 Å². The number of aryl methyl sites for hydroxylation is 1. The van der Waals surface area contributed by atoms with Crippen LogP contribution in [0, 0.1) is 12.8 Å². The zero-order valence-corrected chi connectivity index (χ0v) is 18.8. The summed E-state index contributed by atoms with van der Waals surface area (Å²) in [5.41, 5.74) is 3.56. The summed E-state index contributed by atoms with van der Waals surface area (Å²) in [5.74, 6) is 1.88. The fraction of sp³-hybridized carbons (Fsp3) is 0.417. The molecule has 0 aromatic heterocycles. The predicted molar refractivity (Wildman–Crippen MR) is 125 cm³/mol. The molecular weight excluding hydrogens is 394 g/mol. The van der Waals surface area contributed by atoms with Gasteiger partial charge in [-0.15, -0.1) is 0 Å². The Morgan fingerprint density at radius 3 is 2.43 bits per heavy atom. The number of hydrogen-bond donors (Lipinski definition) is 2. The van der Waals surface area contributed by atoms with Gasteiger partial charge in [-0.1, -0.05) is 44.2 Å². The van der Waals surface area contributed by atoms with Crippen molar-refractivity contribution in [2.45, 2.75) is 33.4 Å². The SMILES string of the molecule is Cc1ccc(CN2CCSCC2)cc1NC(=O)C(NC(=O)c1ccccc1)C(C)C. The van der Waals surface area contributed by atoms with E-state index in [1.807, 2.05) is 50.7 Å². The molecule has 1 heterocycles. The molecule has 3 rings (SSSR count). The van der Waals surface area contributed by atoms with Crippen LogP contribution in [0.5, 0.6) is 0 Å². The Bertz CT molecular complexity index is 864. The summed E-state index contributed by atoms with van der Waals surface area (Å²) >= 11 is 2.00. The van der Waals surface area contributed by atoms with Crippen LogP contribution in [0.25, 0.3) is 0 Å². The van der Waals surface area contributed by atoms with Gasteiger partial charge >= 0.3 is 0 Å². The number of amides is 2. The molecule has 30 heavy (non-hydrogen) atoms. The number of carbonyl (C=O) groups is 2. The zero-order chi connectivity index (χ0) is 21.5. The highest BCUT2D eigenvalue weighted by atomic mass is 32.2. The van der Waals surface area contributed by atoms with Crippen LogP contribution in [-0.2, 0) is 11.3 Å². The standard InChI is InChI=1S/C24H31N3O2S/c1-17(2)22(26-23(28)20-7-5-4-6-8-20)24(29)25-21-15-19(10-9-18(21)3)16-27-11-13-30-14-12-27/h4-10,15,17,22H,11-14,16H2,1-3H3,(H,25,29)(H,26,28). The van der Waals surface area contributed by atoms with Crippen LogP contribution in [0.4, 0.5) is 5.69 Å². The highest BCUT2D eigenvalue weighted by molar-refractivity contribution is 7.99. The first-order valence-corrected chi connectivity index (χ1v) is 11.7. The van der Waals surface area contributed by atoms with Crippen LogP contribution >= 0.6 is 11.8 Å². The van der Waals surface area contributed by atoms with E-state index < -0.39 is 6.04 Å². The number of carbonyl (C=O) groups excluding carboxylic acids is 2. The predicted octanol–water partition coefficient (Wildman–Crippen LogP) is 3.94. The molecule has 2 aromatic rings. The largest absolute Gasteiger partial charge is 0.340 e. The molecule has 0 bridgehead atoms. The minimum absolute atomic E-state index is 0.0352. The molecular formula is C24H31N3O2S. The van der Waals surface area contributed by atoms with E-state index in [-0.39, 0.29) is 17.7 Å². The number of anilines is 1. The number of nitrogens with one attached hydrogen (secondary N) is 2. The highest BCUT2D eigenvalue weighted by Crippen LogP contribution is 2.20. The molecule has 2 N–H and O–H groups in total. The summed E-state index contributed by atoms with van der Waals surface area (Å²) in [6, 6.07) is 14.6. The Morgan fingerprint density at radius 1 is 1.07 bits per heavy atom. The Balaban J connectivity index is 1.68. The molecule has 1 atom stereocenters.